The Morgan fingerprint density at radius 1 is 1.40 bits per heavy atom. The van der Waals surface area contributed by atoms with Crippen molar-refractivity contribution < 1.29 is 9.21 Å². The molecule has 0 bridgehead atoms. The zero-order valence-electron chi connectivity index (χ0n) is 11.2. The second-order valence-corrected chi connectivity index (χ2v) is 4.64. The quantitative estimate of drug-likeness (QED) is 0.765. The van der Waals surface area contributed by atoms with Gasteiger partial charge in [0.05, 0.1) is 23.8 Å². The van der Waals surface area contributed by atoms with Crippen molar-refractivity contribution in [2.24, 2.45) is 0 Å². The van der Waals surface area contributed by atoms with Crippen LogP contribution in [0.5, 0.6) is 0 Å². The van der Waals surface area contributed by atoms with Crippen molar-refractivity contribution in [1.82, 2.24) is 15.2 Å². The molecule has 20 heavy (non-hydrogen) atoms. The number of carbonyl (C=O) groups excluding carboxylic acids is 1. The van der Waals surface area contributed by atoms with E-state index in [2.05, 4.69) is 20.5 Å². The minimum Gasteiger partial charge on any atom is -0.445 e. The molecule has 0 saturated heterocycles. The van der Waals surface area contributed by atoms with E-state index in [9.17, 15) is 4.79 Å². The van der Waals surface area contributed by atoms with Crippen molar-refractivity contribution in [2.45, 2.75) is 20.3 Å². The first-order chi connectivity index (χ1) is 9.61. The smallest absolute Gasteiger partial charge is 0.232 e. The molecular weight excluding hydrogens is 256 g/mol. The van der Waals surface area contributed by atoms with Crippen LogP contribution in [0.2, 0.25) is 0 Å². The van der Waals surface area contributed by atoms with Crippen LogP contribution in [-0.2, 0) is 11.2 Å². The van der Waals surface area contributed by atoms with Gasteiger partial charge in [-0.05, 0) is 25.1 Å². The molecule has 2 heterocycles. The highest BCUT2D eigenvalue weighted by Crippen LogP contribution is 2.17. The fourth-order valence-corrected chi connectivity index (χ4v) is 2.10. The summed E-state index contributed by atoms with van der Waals surface area (Å²) in [7, 11) is 0. The molecule has 1 amide bonds. The third-order valence-corrected chi connectivity index (χ3v) is 3.05. The van der Waals surface area contributed by atoms with Crippen LogP contribution in [0.25, 0.3) is 10.9 Å². The van der Waals surface area contributed by atoms with Crippen molar-refractivity contribution in [3.63, 3.8) is 0 Å². The number of aryl methyl sites for hydroxylation is 2. The first-order valence-corrected chi connectivity index (χ1v) is 6.28. The number of hydrogen-bond acceptors (Lipinski definition) is 4. The van der Waals surface area contributed by atoms with Crippen LogP contribution in [0.4, 0.5) is 5.69 Å². The van der Waals surface area contributed by atoms with Gasteiger partial charge in [-0.25, -0.2) is 4.98 Å². The van der Waals surface area contributed by atoms with Gasteiger partial charge in [-0.3, -0.25) is 9.89 Å². The number of H-pyrrole nitrogens is 1. The Hall–Kier alpha value is -2.63. The second kappa shape index (κ2) is 4.80. The third kappa shape index (κ3) is 2.40. The number of nitrogens with zero attached hydrogens (tertiary/aromatic N) is 2. The maximum atomic E-state index is 12.0. The molecular formula is C14H14N4O2. The van der Waals surface area contributed by atoms with E-state index in [-0.39, 0.29) is 12.3 Å². The lowest BCUT2D eigenvalue weighted by Gasteiger charge is -2.04. The maximum absolute atomic E-state index is 12.0. The average Bonchev–Trinajstić information content (AvgIpc) is 2.96. The summed E-state index contributed by atoms with van der Waals surface area (Å²) in [5.41, 5.74) is 2.36. The highest BCUT2D eigenvalue weighted by Gasteiger charge is 2.12. The Bertz CT molecular complexity index is 772. The summed E-state index contributed by atoms with van der Waals surface area (Å²) in [6, 6.07) is 5.59. The van der Waals surface area contributed by atoms with Gasteiger partial charge >= 0.3 is 0 Å². The van der Waals surface area contributed by atoms with Crippen LogP contribution in [0.3, 0.4) is 0 Å². The van der Waals surface area contributed by atoms with E-state index < -0.39 is 0 Å². The molecule has 0 radical (unpaired) electrons. The molecule has 0 atom stereocenters. The molecule has 2 N–H and O–H groups in total. The number of hydrogen-bond donors (Lipinski definition) is 2. The molecule has 3 aromatic rings. The van der Waals surface area contributed by atoms with E-state index in [4.69, 9.17) is 4.42 Å². The molecule has 0 saturated carbocycles. The summed E-state index contributed by atoms with van der Waals surface area (Å²) < 4.78 is 5.39. The Balaban J connectivity index is 1.73. The van der Waals surface area contributed by atoms with E-state index in [1.165, 1.54) is 0 Å². The summed E-state index contributed by atoms with van der Waals surface area (Å²) in [4.78, 5) is 16.1. The van der Waals surface area contributed by atoms with Gasteiger partial charge in [0.1, 0.15) is 5.76 Å². The lowest BCUT2D eigenvalue weighted by atomic mass is 10.2. The Morgan fingerprint density at radius 2 is 2.25 bits per heavy atom. The molecule has 6 heteroatoms. The summed E-state index contributed by atoms with van der Waals surface area (Å²) in [5.74, 6) is 1.04. The van der Waals surface area contributed by atoms with Gasteiger partial charge in [0.25, 0.3) is 0 Å². The van der Waals surface area contributed by atoms with Gasteiger partial charge in [0, 0.05) is 18.0 Å². The number of anilines is 1. The monoisotopic (exact) mass is 270 g/mol. The number of aromatic amines is 1. The first-order valence-electron chi connectivity index (χ1n) is 6.28. The van der Waals surface area contributed by atoms with E-state index >= 15 is 0 Å². The van der Waals surface area contributed by atoms with Gasteiger partial charge < -0.3 is 9.73 Å². The fraction of sp³-hybridized carbons (Fsp3) is 0.214. The highest BCUT2D eigenvalue weighted by molar-refractivity contribution is 5.94. The first kappa shape index (κ1) is 12.4. The number of oxazole rings is 1. The van der Waals surface area contributed by atoms with E-state index in [1.807, 2.05) is 25.1 Å². The van der Waals surface area contributed by atoms with Gasteiger partial charge in [-0.2, -0.15) is 5.10 Å². The molecule has 0 aliphatic heterocycles. The fourth-order valence-electron chi connectivity index (χ4n) is 2.10. The van der Waals surface area contributed by atoms with Crippen LogP contribution in [-0.4, -0.2) is 21.1 Å². The number of amides is 1. The van der Waals surface area contributed by atoms with Crippen molar-refractivity contribution in [3.05, 3.63) is 41.7 Å². The number of rotatable bonds is 3. The van der Waals surface area contributed by atoms with Crippen LogP contribution < -0.4 is 5.32 Å². The molecule has 3 rings (SSSR count). The minimum absolute atomic E-state index is 0.136. The largest absolute Gasteiger partial charge is 0.445 e. The number of fused-ring (bicyclic) bond motifs is 1. The highest BCUT2D eigenvalue weighted by atomic mass is 16.4. The van der Waals surface area contributed by atoms with Crippen LogP contribution in [0, 0.1) is 13.8 Å². The van der Waals surface area contributed by atoms with E-state index in [0.717, 1.165) is 22.3 Å². The molecule has 0 spiro atoms. The molecule has 0 fully saturated rings. The summed E-state index contributed by atoms with van der Waals surface area (Å²) in [6.45, 7) is 3.59. The summed E-state index contributed by atoms with van der Waals surface area (Å²) in [6.07, 6.45) is 1.91. The Kier molecular flexibility index (Phi) is 2.98. The molecule has 2 aromatic heterocycles. The predicted molar refractivity (Wildman–Crippen MR) is 74.4 cm³/mol. The van der Waals surface area contributed by atoms with Crippen molar-refractivity contribution in [1.29, 1.82) is 0 Å². The minimum atomic E-state index is -0.136. The molecule has 0 aliphatic rings. The number of benzene rings is 1. The van der Waals surface area contributed by atoms with Crippen LogP contribution in [0.15, 0.2) is 28.8 Å². The predicted octanol–water partition coefficient (Wildman–Crippen LogP) is 2.35. The standard InChI is InChI=1S/C14H14N4O2/c1-8-13(20-9(2)16-8)6-14(19)17-11-4-3-10-7-15-18-12(10)5-11/h3-5,7H,6H2,1-2H3,(H,15,18)(H,17,19). The molecule has 6 nitrogen and oxygen atoms in total. The number of aromatic nitrogens is 3. The van der Waals surface area contributed by atoms with Crippen molar-refractivity contribution in [2.75, 3.05) is 5.32 Å². The van der Waals surface area contributed by atoms with Crippen LogP contribution >= 0.6 is 0 Å². The number of carbonyl (C=O) groups is 1. The van der Waals surface area contributed by atoms with Gasteiger partial charge in [0.2, 0.25) is 5.91 Å². The van der Waals surface area contributed by atoms with Gasteiger partial charge in [-0.15, -0.1) is 0 Å². The summed E-state index contributed by atoms with van der Waals surface area (Å²) in [5, 5.41) is 10.6. The van der Waals surface area contributed by atoms with Gasteiger partial charge in [-0.1, -0.05) is 0 Å². The third-order valence-electron chi connectivity index (χ3n) is 3.05. The molecule has 1 aromatic carbocycles. The summed E-state index contributed by atoms with van der Waals surface area (Å²) >= 11 is 0. The Morgan fingerprint density at radius 3 is 3.00 bits per heavy atom. The van der Waals surface area contributed by atoms with E-state index in [1.54, 1.807) is 13.1 Å². The lowest BCUT2D eigenvalue weighted by molar-refractivity contribution is -0.115. The molecule has 102 valence electrons. The van der Waals surface area contributed by atoms with E-state index in [0.29, 0.717) is 11.7 Å². The maximum Gasteiger partial charge on any atom is 0.232 e. The van der Waals surface area contributed by atoms with Crippen LogP contribution in [0.1, 0.15) is 17.3 Å². The van der Waals surface area contributed by atoms with Crippen molar-refractivity contribution in [3.8, 4) is 0 Å². The second-order valence-electron chi connectivity index (χ2n) is 4.64. The lowest BCUT2D eigenvalue weighted by Crippen LogP contribution is -2.14. The average molecular weight is 270 g/mol. The van der Waals surface area contributed by atoms with Gasteiger partial charge in [0.15, 0.2) is 5.89 Å². The zero-order valence-corrected chi connectivity index (χ0v) is 11.2. The molecule has 0 unspecified atom stereocenters. The topological polar surface area (TPSA) is 83.8 Å². The van der Waals surface area contributed by atoms with Crippen molar-refractivity contribution >= 4 is 22.5 Å². The zero-order chi connectivity index (χ0) is 14.1. The Labute approximate surface area is 115 Å². The normalized spacial score (nSPS) is 10.9. The molecule has 0 aliphatic carbocycles. The number of nitrogens with one attached hydrogen (secondary N) is 2. The SMILES string of the molecule is Cc1nc(C)c(CC(=O)Nc2ccc3cn[nH]c3c2)o1.